The second kappa shape index (κ2) is 13.0. The summed E-state index contributed by atoms with van der Waals surface area (Å²) in [4.78, 5) is 29.1. The second-order valence-corrected chi connectivity index (χ2v) is 9.81. The quantitative estimate of drug-likeness (QED) is 0.252. The lowest BCUT2D eigenvalue weighted by Crippen LogP contribution is -2.52. The first kappa shape index (κ1) is 27.1. The number of benzene rings is 4. The zero-order valence-corrected chi connectivity index (χ0v) is 22.1. The fraction of sp³-hybridized carbons (Fsp3) is 0.273. The average molecular weight is 511 g/mol. The number of carbonyl (C=O) groups excluding carboxylic acids is 2. The molecule has 196 valence electrons. The molecule has 0 saturated carbocycles. The zero-order chi connectivity index (χ0) is 26.9. The van der Waals surface area contributed by atoms with Crippen LogP contribution in [0.3, 0.4) is 0 Å². The number of rotatable bonds is 11. The lowest BCUT2D eigenvalue weighted by atomic mass is 9.99. The molecular weight excluding hydrogens is 475 g/mol. The molecule has 38 heavy (non-hydrogen) atoms. The van der Waals surface area contributed by atoms with Crippen LogP contribution < -0.4 is 5.32 Å². The summed E-state index contributed by atoms with van der Waals surface area (Å²) in [6, 6.07) is 29.4. The molecule has 0 aliphatic carbocycles. The lowest BCUT2D eigenvalue weighted by Gasteiger charge is -2.32. The number of nitrogens with one attached hydrogen (secondary N) is 1. The molecule has 0 unspecified atom stereocenters. The number of amides is 2. The van der Waals surface area contributed by atoms with Crippen molar-refractivity contribution in [1.29, 1.82) is 0 Å². The number of fused-ring (bicyclic) bond motifs is 1. The van der Waals surface area contributed by atoms with E-state index in [4.69, 9.17) is 0 Å². The van der Waals surface area contributed by atoms with Crippen LogP contribution in [0, 0.1) is 5.82 Å². The molecular formula is C33H35FN2O2. The van der Waals surface area contributed by atoms with E-state index in [1.54, 1.807) is 17.0 Å². The Morgan fingerprint density at radius 3 is 2.26 bits per heavy atom. The van der Waals surface area contributed by atoms with E-state index in [9.17, 15) is 14.0 Å². The summed E-state index contributed by atoms with van der Waals surface area (Å²) in [5.74, 6) is -0.621. The van der Waals surface area contributed by atoms with Gasteiger partial charge in [0.15, 0.2) is 0 Å². The fourth-order valence-corrected chi connectivity index (χ4v) is 4.68. The van der Waals surface area contributed by atoms with Gasteiger partial charge in [-0.2, -0.15) is 0 Å². The predicted molar refractivity (Wildman–Crippen MR) is 151 cm³/mol. The number of halogens is 1. The van der Waals surface area contributed by atoms with Gasteiger partial charge in [0.2, 0.25) is 11.8 Å². The van der Waals surface area contributed by atoms with E-state index in [0.29, 0.717) is 12.8 Å². The Labute approximate surface area is 224 Å². The van der Waals surface area contributed by atoms with E-state index < -0.39 is 6.04 Å². The maximum atomic E-state index is 13.9. The Bertz CT molecular complexity index is 1350. The third-order valence-corrected chi connectivity index (χ3v) is 7.03. The van der Waals surface area contributed by atoms with Crippen molar-refractivity contribution in [3.05, 3.63) is 120 Å². The smallest absolute Gasteiger partial charge is 0.243 e. The molecule has 2 amide bonds. The fourth-order valence-electron chi connectivity index (χ4n) is 4.68. The highest BCUT2D eigenvalue weighted by Gasteiger charge is 2.30. The summed E-state index contributed by atoms with van der Waals surface area (Å²) >= 11 is 0. The normalized spacial score (nSPS) is 12.6. The standard InChI is InChI=1S/C33H35FN2O2/c1-3-24(2)35-33(38)31(22-25-10-5-4-6-11-25)36(23-26-16-19-29(34)20-17-26)32(37)21-18-28-14-9-13-27-12-7-8-15-30(27)28/h4-17,19-20,24,31H,3,18,21-23H2,1-2H3,(H,35,38)/t24-,31-/m0/s1. The van der Waals surface area contributed by atoms with Gasteiger partial charge in [0.05, 0.1) is 0 Å². The van der Waals surface area contributed by atoms with Gasteiger partial charge in [0, 0.05) is 25.4 Å². The van der Waals surface area contributed by atoms with E-state index >= 15 is 0 Å². The summed E-state index contributed by atoms with van der Waals surface area (Å²) in [7, 11) is 0. The Balaban J connectivity index is 1.64. The second-order valence-electron chi connectivity index (χ2n) is 9.81. The van der Waals surface area contributed by atoms with Gasteiger partial charge in [0.25, 0.3) is 0 Å². The van der Waals surface area contributed by atoms with Crippen molar-refractivity contribution in [3.8, 4) is 0 Å². The minimum Gasteiger partial charge on any atom is -0.352 e. The van der Waals surface area contributed by atoms with Crippen LogP contribution in [0.5, 0.6) is 0 Å². The highest BCUT2D eigenvalue weighted by molar-refractivity contribution is 5.89. The van der Waals surface area contributed by atoms with E-state index in [1.165, 1.54) is 12.1 Å². The van der Waals surface area contributed by atoms with Crippen molar-refractivity contribution in [3.63, 3.8) is 0 Å². The highest BCUT2D eigenvalue weighted by atomic mass is 19.1. The van der Waals surface area contributed by atoms with Gasteiger partial charge in [-0.15, -0.1) is 0 Å². The first-order valence-corrected chi connectivity index (χ1v) is 13.3. The summed E-state index contributed by atoms with van der Waals surface area (Å²) in [5.41, 5.74) is 2.85. The zero-order valence-electron chi connectivity index (χ0n) is 22.1. The van der Waals surface area contributed by atoms with Crippen LogP contribution in [-0.4, -0.2) is 28.8 Å². The van der Waals surface area contributed by atoms with Gasteiger partial charge in [-0.05, 0) is 59.4 Å². The van der Waals surface area contributed by atoms with Crippen molar-refractivity contribution in [1.82, 2.24) is 10.2 Å². The van der Waals surface area contributed by atoms with E-state index in [0.717, 1.165) is 33.9 Å². The highest BCUT2D eigenvalue weighted by Crippen LogP contribution is 2.22. The van der Waals surface area contributed by atoms with Crippen LogP contribution >= 0.6 is 0 Å². The Morgan fingerprint density at radius 1 is 0.842 bits per heavy atom. The van der Waals surface area contributed by atoms with Crippen LogP contribution in [0.15, 0.2) is 97.1 Å². The molecule has 0 radical (unpaired) electrons. The number of carbonyl (C=O) groups is 2. The van der Waals surface area contributed by atoms with Crippen molar-refractivity contribution in [2.75, 3.05) is 0 Å². The molecule has 4 aromatic carbocycles. The van der Waals surface area contributed by atoms with Crippen molar-refractivity contribution in [2.45, 2.75) is 58.2 Å². The Kier molecular flexibility index (Phi) is 9.26. The number of nitrogens with zero attached hydrogens (tertiary/aromatic N) is 1. The van der Waals surface area contributed by atoms with Gasteiger partial charge in [0.1, 0.15) is 11.9 Å². The molecule has 2 atom stereocenters. The van der Waals surface area contributed by atoms with E-state index in [1.807, 2.05) is 62.4 Å². The van der Waals surface area contributed by atoms with Crippen molar-refractivity contribution in [2.24, 2.45) is 0 Å². The molecule has 0 aliphatic rings. The van der Waals surface area contributed by atoms with Crippen molar-refractivity contribution >= 4 is 22.6 Å². The van der Waals surface area contributed by atoms with Gasteiger partial charge in [-0.1, -0.05) is 91.9 Å². The molecule has 1 N–H and O–H groups in total. The SMILES string of the molecule is CC[C@H](C)NC(=O)[C@H](Cc1ccccc1)N(Cc1ccc(F)cc1)C(=O)CCc1cccc2ccccc12. The van der Waals surface area contributed by atoms with Crippen LogP contribution in [0.4, 0.5) is 4.39 Å². The molecule has 4 nitrogen and oxygen atoms in total. The summed E-state index contributed by atoms with van der Waals surface area (Å²) in [6.45, 7) is 4.20. The first-order chi connectivity index (χ1) is 18.4. The molecule has 0 fully saturated rings. The number of aryl methyl sites for hydroxylation is 1. The molecule has 0 aliphatic heterocycles. The van der Waals surface area contributed by atoms with Crippen molar-refractivity contribution < 1.29 is 14.0 Å². The van der Waals surface area contributed by atoms with E-state index in [-0.39, 0.29) is 36.6 Å². The maximum absolute atomic E-state index is 13.9. The topological polar surface area (TPSA) is 49.4 Å². The molecule has 0 saturated heterocycles. The summed E-state index contributed by atoms with van der Waals surface area (Å²) in [5, 5.41) is 5.35. The largest absolute Gasteiger partial charge is 0.352 e. The third-order valence-electron chi connectivity index (χ3n) is 7.03. The van der Waals surface area contributed by atoms with Crippen LogP contribution in [0.1, 0.15) is 43.4 Å². The third kappa shape index (κ3) is 7.06. The van der Waals surface area contributed by atoms with Crippen LogP contribution in [0.2, 0.25) is 0 Å². The van der Waals surface area contributed by atoms with Crippen LogP contribution in [-0.2, 0) is 29.0 Å². The minimum absolute atomic E-state index is 0.0146. The molecule has 5 heteroatoms. The molecule has 0 spiro atoms. The van der Waals surface area contributed by atoms with Crippen LogP contribution in [0.25, 0.3) is 10.8 Å². The Hall–Kier alpha value is -3.99. The summed E-state index contributed by atoms with van der Waals surface area (Å²) < 4.78 is 13.6. The predicted octanol–water partition coefficient (Wildman–Crippen LogP) is 6.47. The number of hydrogen-bond donors (Lipinski definition) is 1. The molecule has 0 bridgehead atoms. The lowest BCUT2D eigenvalue weighted by molar-refractivity contribution is -0.141. The summed E-state index contributed by atoms with van der Waals surface area (Å²) in [6.07, 6.45) is 2.00. The maximum Gasteiger partial charge on any atom is 0.243 e. The van der Waals surface area contributed by atoms with Gasteiger partial charge >= 0.3 is 0 Å². The molecule has 0 heterocycles. The molecule has 0 aromatic heterocycles. The average Bonchev–Trinajstić information content (AvgIpc) is 2.95. The van der Waals surface area contributed by atoms with Gasteiger partial charge in [-0.3, -0.25) is 9.59 Å². The molecule has 4 aromatic rings. The monoisotopic (exact) mass is 510 g/mol. The number of hydrogen-bond acceptors (Lipinski definition) is 2. The Morgan fingerprint density at radius 2 is 1.53 bits per heavy atom. The van der Waals surface area contributed by atoms with Gasteiger partial charge in [-0.25, -0.2) is 4.39 Å². The van der Waals surface area contributed by atoms with Gasteiger partial charge < -0.3 is 10.2 Å². The minimum atomic E-state index is -0.698. The van der Waals surface area contributed by atoms with E-state index in [2.05, 4.69) is 29.6 Å². The first-order valence-electron chi connectivity index (χ1n) is 13.3. The molecule has 4 rings (SSSR count).